The highest BCUT2D eigenvalue weighted by molar-refractivity contribution is 5.82. The van der Waals surface area contributed by atoms with E-state index >= 15 is 0 Å². The average Bonchev–Trinajstić information content (AvgIpc) is 3.01. The van der Waals surface area contributed by atoms with Crippen LogP contribution in [0.2, 0.25) is 0 Å². The number of nitrogens with zero attached hydrogens (tertiary/aromatic N) is 1. The predicted molar refractivity (Wildman–Crippen MR) is 71.2 cm³/mol. The van der Waals surface area contributed by atoms with E-state index in [9.17, 15) is 4.79 Å². The number of fused-ring (bicyclic) bond motifs is 1. The lowest BCUT2D eigenvalue weighted by Gasteiger charge is -2.19. The Balaban J connectivity index is 1.47. The Morgan fingerprint density at radius 3 is 3.06 bits per heavy atom. The van der Waals surface area contributed by atoms with Gasteiger partial charge in [-0.25, -0.2) is 0 Å². The van der Waals surface area contributed by atoms with Gasteiger partial charge in [-0.1, -0.05) is 6.42 Å². The van der Waals surface area contributed by atoms with Crippen molar-refractivity contribution in [3.8, 4) is 0 Å². The summed E-state index contributed by atoms with van der Waals surface area (Å²) in [5.74, 6) is 2.27. The van der Waals surface area contributed by atoms with Crippen molar-refractivity contribution in [2.24, 2.45) is 17.8 Å². The van der Waals surface area contributed by atoms with Gasteiger partial charge in [-0.3, -0.25) is 4.79 Å². The van der Waals surface area contributed by atoms with E-state index in [4.69, 9.17) is 0 Å². The van der Waals surface area contributed by atoms with Gasteiger partial charge in [-0.15, -0.1) is 0 Å². The summed E-state index contributed by atoms with van der Waals surface area (Å²) in [5.41, 5.74) is 0. The van der Waals surface area contributed by atoms with Crippen molar-refractivity contribution in [1.82, 2.24) is 15.5 Å². The smallest absolute Gasteiger partial charge is 0.237 e. The zero-order valence-corrected chi connectivity index (χ0v) is 11.3. The van der Waals surface area contributed by atoms with Gasteiger partial charge in [-0.05, 0) is 57.2 Å². The fourth-order valence-electron chi connectivity index (χ4n) is 4.02. The molecule has 0 aromatic heterocycles. The largest absolute Gasteiger partial charge is 0.354 e. The Labute approximate surface area is 109 Å². The van der Waals surface area contributed by atoms with Crippen LogP contribution < -0.4 is 10.6 Å². The number of likely N-dealkylation sites (tertiary alicyclic amines) is 1. The summed E-state index contributed by atoms with van der Waals surface area (Å²) in [5, 5.41) is 6.59. The van der Waals surface area contributed by atoms with Crippen LogP contribution in [0.1, 0.15) is 25.7 Å². The van der Waals surface area contributed by atoms with Gasteiger partial charge < -0.3 is 15.5 Å². The molecule has 1 aliphatic carbocycles. The van der Waals surface area contributed by atoms with Crippen molar-refractivity contribution in [1.29, 1.82) is 0 Å². The molecule has 3 aliphatic rings. The van der Waals surface area contributed by atoms with Gasteiger partial charge in [0.2, 0.25) is 5.91 Å². The van der Waals surface area contributed by atoms with Gasteiger partial charge in [-0.2, -0.15) is 0 Å². The maximum Gasteiger partial charge on any atom is 0.237 e. The molecule has 2 heterocycles. The molecular formula is C14H25N3O. The molecule has 3 fully saturated rings. The van der Waals surface area contributed by atoms with E-state index in [-0.39, 0.29) is 11.9 Å². The zero-order chi connectivity index (χ0) is 12.5. The van der Waals surface area contributed by atoms with Gasteiger partial charge in [0, 0.05) is 13.1 Å². The highest BCUT2D eigenvalue weighted by Crippen LogP contribution is 2.37. The van der Waals surface area contributed by atoms with Crippen LogP contribution in [-0.2, 0) is 4.79 Å². The maximum atomic E-state index is 12.2. The summed E-state index contributed by atoms with van der Waals surface area (Å²) in [4.78, 5) is 14.6. The van der Waals surface area contributed by atoms with E-state index < -0.39 is 0 Å². The first-order chi connectivity index (χ1) is 8.74. The quantitative estimate of drug-likeness (QED) is 0.765. The third-order valence-electron chi connectivity index (χ3n) is 5.08. The molecule has 3 rings (SSSR count). The van der Waals surface area contributed by atoms with Crippen LogP contribution in [0.15, 0.2) is 0 Å². The number of hydrogen-bond acceptors (Lipinski definition) is 3. The second-order valence-electron chi connectivity index (χ2n) is 6.40. The van der Waals surface area contributed by atoms with Gasteiger partial charge in [0.1, 0.15) is 0 Å². The second kappa shape index (κ2) is 5.17. The lowest BCUT2D eigenvalue weighted by Crippen LogP contribution is -2.45. The summed E-state index contributed by atoms with van der Waals surface area (Å²) in [6.07, 6.45) is 5.09. The molecule has 1 amide bonds. The van der Waals surface area contributed by atoms with Gasteiger partial charge in [0.15, 0.2) is 0 Å². The lowest BCUT2D eigenvalue weighted by molar-refractivity contribution is -0.123. The van der Waals surface area contributed by atoms with Crippen LogP contribution in [-0.4, -0.2) is 50.1 Å². The summed E-state index contributed by atoms with van der Waals surface area (Å²) in [6.45, 7) is 4.21. The number of carbonyl (C=O) groups excluding carboxylic acids is 1. The Bertz CT molecular complexity index is 320. The summed E-state index contributed by atoms with van der Waals surface area (Å²) in [7, 11) is 2.16. The third-order valence-corrected chi connectivity index (χ3v) is 5.08. The Hall–Kier alpha value is -0.610. The van der Waals surface area contributed by atoms with Crippen molar-refractivity contribution in [3.05, 3.63) is 0 Å². The molecule has 0 radical (unpaired) electrons. The van der Waals surface area contributed by atoms with Crippen LogP contribution in [0.3, 0.4) is 0 Å². The minimum Gasteiger partial charge on any atom is -0.354 e. The molecule has 0 spiro atoms. The fraction of sp³-hybridized carbons (Fsp3) is 0.929. The van der Waals surface area contributed by atoms with E-state index in [1.54, 1.807) is 0 Å². The first kappa shape index (κ1) is 12.4. The van der Waals surface area contributed by atoms with Crippen LogP contribution in [0, 0.1) is 17.8 Å². The van der Waals surface area contributed by atoms with Crippen LogP contribution in [0.5, 0.6) is 0 Å². The molecular weight excluding hydrogens is 226 g/mol. The molecule has 4 atom stereocenters. The third kappa shape index (κ3) is 2.41. The first-order valence-corrected chi connectivity index (χ1v) is 7.43. The lowest BCUT2D eigenvalue weighted by atomic mass is 9.93. The van der Waals surface area contributed by atoms with Crippen LogP contribution in [0.25, 0.3) is 0 Å². The number of rotatable bonds is 3. The van der Waals surface area contributed by atoms with Crippen LogP contribution in [0.4, 0.5) is 0 Å². The molecule has 4 unspecified atom stereocenters. The van der Waals surface area contributed by atoms with E-state index in [0.717, 1.165) is 25.6 Å². The predicted octanol–water partition coefficient (Wildman–Crippen LogP) is 0.442. The summed E-state index contributed by atoms with van der Waals surface area (Å²) < 4.78 is 0. The Morgan fingerprint density at radius 1 is 1.39 bits per heavy atom. The zero-order valence-electron chi connectivity index (χ0n) is 11.3. The van der Waals surface area contributed by atoms with Crippen molar-refractivity contribution in [3.63, 3.8) is 0 Å². The summed E-state index contributed by atoms with van der Waals surface area (Å²) >= 11 is 0. The average molecular weight is 251 g/mol. The number of nitrogens with one attached hydrogen (secondary N) is 2. The van der Waals surface area contributed by atoms with E-state index in [1.165, 1.54) is 32.2 Å². The highest BCUT2D eigenvalue weighted by Gasteiger charge is 2.42. The molecule has 0 aromatic rings. The van der Waals surface area contributed by atoms with Gasteiger partial charge >= 0.3 is 0 Å². The first-order valence-electron chi connectivity index (χ1n) is 7.43. The molecule has 2 aliphatic heterocycles. The normalized spacial score (nSPS) is 40.1. The monoisotopic (exact) mass is 251 g/mol. The highest BCUT2D eigenvalue weighted by atomic mass is 16.2. The second-order valence-corrected chi connectivity index (χ2v) is 6.40. The number of carbonyl (C=O) groups is 1. The van der Waals surface area contributed by atoms with Gasteiger partial charge in [0.25, 0.3) is 0 Å². The van der Waals surface area contributed by atoms with E-state index in [2.05, 4.69) is 22.6 Å². The van der Waals surface area contributed by atoms with Gasteiger partial charge in [0.05, 0.1) is 6.04 Å². The number of hydrogen-bond donors (Lipinski definition) is 2. The molecule has 102 valence electrons. The summed E-state index contributed by atoms with van der Waals surface area (Å²) in [6, 6.07) is 0.0941. The minimum absolute atomic E-state index is 0.0941. The van der Waals surface area contributed by atoms with Crippen molar-refractivity contribution < 1.29 is 4.79 Å². The molecule has 1 saturated carbocycles. The molecule has 0 bridgehead atoms. The Kier molecular flexibility index (Phi) is 3.57. The van der Waals surface area contributed by atoms with E-state index in [0.29, 0.717) is 11.8 Å². The van der Waals surface area contributed by atoms with Crippen molar-refractivity contribution >= 4 is 5.91 Å². The van der Waals surface area contributed by atoms with Crippen molar-refractivity contribution in [2.45, 2.75) is 31.7 Å². The fourth-order valence-corrected chi connectivity index (χ4v) is 4.02. The molecule has 2 saturated heterocycles. The molecule has 4 heteroatoms. The molecule has 2 N–H and O–H groups in total. The maximum absolute atomic E-state index is 12.2. The Morgan fingerprint density at radius 2 is 2.28 bits per heavy atom. The molecule has 4 nitrogen and oxygen atoms in total. The van der Waals surface area contributed by atoms with E-state index in [1.807, 2.05) is 0 Å². The minimum atomic E-state index is 0.0941. The van der Waals surface area contributed by atoms with Crippen LogP contribution >= 0.6 is 0 Å². The molecule has 18 heavy (non-hydrogen) atoms. The number of amides is 1. The standard InChI is InChI=1S/C14H25N3O/c1-17-6-5-10(9-17)7-16-14(18)13-12-4-2-3-11(12)8-15-13/h10-13,15H,2-9H2,1H3,(H,16,18). The SMILES string of the molecule is CN1CCC(CNC(=O)C2NCC3CCCC32)C1. The topological polar surface area (TPSA) is 44.4 Å². The molecule has 0 aromatic carbocycles. The van der Waals surface area contributed by atoms with Crippen molar-refractivity contribution in [2.75, 3.05) is 33.2 Å².